The molecular formula is C25H27N7O2. The zero-order valence-electron chi connectivity index (χ0n) is 19.1. The summed E-state index contributed by atoms with van der Waals surface area (Å²) in [5.41, 5.74) is 5.66. The predicted molar refractivity (Wildman–Crippen MR) is 129 cm³/mol. The molecule has 1 fully saturated rings. The Balaban J connectivity index is 1.36. The van der Waals surface area contributed by atoms with Gasteiger partial charge in [-0.1, -0.05) is 6.07 Å². The first-order chi connectivity index (χ1) is 16.7. The van der Waals surface area contributed by atoms with Crippen LogP contribution in [0.4, 0.5) is 0 Å². The van der Waals surface area contributed by atoms with Crippen molar-refractivity contribution >= 4 is 16.9 Å². The van der Waals surface area contributed by atoms with E-state index in [0.717, 1.165) is 56.2 Å². The highest BCUT2D eigenvalue weighted by Gasteiger charge is 2.17. The number of carbonyl (C=O) groups is 1. The number of hydrogen-bond acceptors (Lipinski definition) is 7. The van der Waals surface area contributed by atoms with E-state index in [9.17, 15) is 4.79 Å². The second-order valence-corrected chi connectivity index (χ2v) is 8.30. The molecule has 0 bridgehead atoms. The summed E-state index contributed by atoms with van der Waals surface area (Å²) in [5.74, 6) is -0.146. The second kappa shape index (κ2) is 10.1. The van der Waals surface area contributed by atoms with Crippen molar-refractivity contribution < 1.29 is 9.53 Å². The van der Waals surface area contributed by atoms with Gasteiger partial charge in [0.05, 0.1) is 35.7 Å². The summed E-state index contributed by atoms with van der Waals surface area (Å²) in [4.78, 5) is 29.2. The molecule has 5 heterocycles. The van der Waals surface area contributed by atoms with E-state index in [1.54, 1.807) is 18.5 Å². The number of amides is 1. The van der Waals surface area contributed by atoms with E-state index in [0.29, 0.717) is 34.5 Å². The molecule has 4 aromatic heterocycles. The third-order valence-corrected chi connectivity index (χ3v) is 5.92. The van der Waals surface area contributed by atoms with Gasteiger partial charge in [-0.3, -0.25) is 24.8 Å². The topological polar surface area (TPSA) is 109 Å². The highest BCUT2D eigenvalue weighted by Crippen LogP contribution is 2.29. The maximum Gasteiger partial charge on any atom is 0.253 e. The standard InChI is InChI=1S/C25H27N7O2/c1-17-4-2-5-22(29-17)24-19(16-28-31-24)20-6-7-21-23(30-20)18(8-10-26-21)25(33)27-9-3-11-32-12-14-34-15-13-32/h2,4-8,10,16H,3,9,11-15H2,1H3,(H,27,33)(H,28,31). The molecule has 1 aliphatic heterocycles. The number of morpholine rings is 1. The quantitative estimate of drug-likeness (QED) is 0.411. The molecule has 1 aliphatic rings. The lowest BCUT2D eigenvalue weighted by Gasteiger charge is -2.26. The molecule has 0 unspecified atom stereocenters. The minimum absolute atomic E-state index is 0.146. The Morgan fingerprint density at radius 1 is 1.12 bits per heavy atom. The van der Waals surface area contributed by atoms with Gasteiger partial charge in [-0.25, -0.2) is 4.98 Å². The highest BCUT2D eigenvalue weighted by atomic mass is 16.5. The lowest BCUT2D eigenvalue weighted by atomic mass is 10.1. The fourth-order valence-corrected chi connectivity index (χ4v) is 4.14. The molecule has 1 amide bonds. The minimum Gasteiger partial charge on any atom is -0.379 e. The summed E-state index contributed by atoms with van der Waals surface area (Å²) in [6.07, 6.45) is 4.33. The zero-order chi connectivity index (χ0) is 23.3. The molecule has 0 radical (unpaired) electrons. The van der Waals surface area contributed by atoms with Crippen LogP contribution in [0.1, 0.15) is 22.5 Å². The van der Waals surface area contributed by atoms with E-state index in [1.807, 2.05) is 37.3 Å². The molecular weight excluding hydrogens is 430 g/mol. The number of rotatable bonds is 7. The average Bonchev–Trinajstić information content (AvgIpc) is 3.37. The molecule has 9 heteroatoms. The first-order valence-corrected chi connectivity index (χ1v) is 11.5. The van der Waals surface area contributed by atoms with Crippen molar-refractivity contribution in [3.63, 3.8) is 0 Å². The SMILES string of the molecule is Cc1cccc(-c2n[nH]cc2-c2ccc3nccc(C(=O)NCCCN4CCOCC4)c3n2)n1. The van der Waals surface area contributed by atoms with Gasteiger partial charge in [0.2, 0.25) is 0 Å². The highest BCUT2D eigenvalue weighted by molar-refractivity contribution is 6.05. The van der Waals surface area contributed by atoms with Gasteiger partial charge in [-0.15, -0.1) is 0 Å². The maximum atomic E-state index is 13.0. The molecule has 9 nitrogen and oxygen atoms in total. The molecule has 174 valence electrons. The normalized spacial score (nSPS) is 14.4. The van der Waals surface area contributed by atoms with Gasteiger partial charge in [0.1, 0.15) is 11.2 Å². The number of aromatic nitrogens is 5. The minimum atomic E-state index is -0.146. The van der Waals surface area contributed by atoms with Gasteiger partial charge < -0.3 is 10.1 Å². The van der Waals surface area contributed by atoms with Crippen LogP contribution in [0.25, 0.3) is 33.7 Å². The largest absolute Gasteiger partial charge is 0.379 e. The predicted octanol–water partition coefficient (Wildman–Crippen LogP) is 2.84. The lowest BCUT2D eigenvalue weighted by molar-refractivity contribution is 0.0374. The number of fused-ring (bicyclic) bond motifs is 1. The smallest absolute Gasteiger partial charge is 0.253 e. The molecule has 2 N–H and O–H groups in total. The number of ether oxygens (including phenoxy) is 1. The molecule has 0 spiro atoms. The van der Waals surface area contributed by atoms with Gasteiger partial charge in [-0.2, -0.15) is 5.10 Å². The van der Waals surface area contributed by atoms with Gasteiger partial charge in [0.25, 0.3) is 5.91 Å². The molecule has 0 aromatic carbocycles. The van der Waals surface area contributed by atoms with Crippen LogP contribution >= 0.6 is 0 Å². The van der Waals surface area contributed by atoms with E-state index in [-0.39, 0.29) is 5.91 Å². The van der Waals surface area contributed by atoms with E-state index in [4.69, 9.17) is 9.72 Å². The third kappa shape index (κ3) is 4.80. The van der Waals surface area contributed by atoms with Crippen LogP contribution in [0.3, 0.4) is 0 Å². The molecule has 0 aliphatic carbocycles. The summed E-state index contributed by atoms with van der Waals surface area (Å²) in [5, 5.41) is 10.4. The number of nitrogens with one attached hydrogen (secondary N) is 2. The fourth-order valence-electron chi connectivity index (χ4n) is 4.14. The molecule has 34 heavy (non-hydrogen) atoms. The Labute approximate surface area is 197 Å². The summed E-state index contributed by atoms with van der Waals surface area (Å²) in [6, 6.07) is 11.3. The monoisotopic (exact) mass is 457 g/mol. The van der Waals surface area contributed by atoms with Gasteiger partial charge in [-0.05, 0) is 50.2 Å². The van der Waals surface area contributed by atoms with Crippen molar-refractivity contribution in [2.45, 2.75) is 13.3 Å². The zero-order valence-corrected chi connectivity index (χ0v) is 19.1. The van der Waals surface area contributed by atoms with Crippen molar-refractivity contribution in [1.29, 1.82) is 0 Å². The van der Waals surface area contributed by atoms with Gasteiger partial charge in [0, 0.05) is 43.3 Å². The van der Waals surface area contributed by atoms with E-state index < -0.39 is 0 Å². The Morgan fingerprint density at radius 2 is 2.00 bits per heavy atom. The number of carbonyl (C=O) groups excluding carboxylic acids is 1. The number of aromatic amines is 1. The fraction of sp³-hybridized carbons (Fsp3) is 0.320. The van der Waals surface area contributed by atoms with Crippen molar-refractivity contribution in [3.05, 3.63) is 60.0 Å². The first-order valence-electron chi connectivity index (χ1n) is 11.5. The van der Waals surface area contributed by atoms with E-state index in [1.165, 1.54) is 0 Å². The summed E-state index contributed by atoms with van der Waals surface area (Å²) in [7, 11) is 0. The number of nitrogens with zero attached hydrogens (tertiary/aromatic N) is 5. The Bertz CT molecular complexity index is 1300. The maximum absolute atomic E-state index is 13.0. The van der Waals surface area contributed by atoms with Crippen LogP contribution in [0.5, 0.6) is 0 Å². The van der Waals surface area contributed by atoms with Crippen LogP contribution in [0.2, 0.25) is 0 Å². The Morgan fingerprint density at radius 3 is 2.85 bits per heavy atom. The summed E-state index contributed by atoms with van der Waals surface area (Å²) in [6.45, 7) is 6.95. The Hall–Kier alpha value is -3.69. The number of H-pyrrole nitrogens is 1. The van der Waals surface area contributed by atoms with Crippen LogP contribution in [-0.2, 0) is 4.74 Å². The van der Waals surface area contributed by atoms with E-state index >= 15 is 0 Å². The van der Waals surface area contributed by atoms with Crippen molar-refractivity contribution in [2.24, 2.45) is 0 Å². The van der Waals surface area contributed by atoms with Crippen LogP contribution in [0, 0.1) is 6.92 Å². The van der Waals surface area contributed by atoms with Crippen molar-refractivity contribution in [2.75, 3.05) is 39.4 Å². The van der Waals surface area contributed by atoms with E-state index in [2.05, 4.69) is 30.4 Å². The number of hydrogen-bond donors (Lipinski definition) is 2. The number of pyridine rings is 3. The van der Waals surface area contributed by atoms with Crippen LogP contribution < -0.4 is 5.32 Å². The molecule has 0 atom stereocenters. The molecule has 0 saturated carbocycles. The third-order valence-electron chi connectivity index (χ3n) is 5.92. The average molecular weight is 458 g/mol. The molecule has 4 aromatic rings. The number of aryl methyl sites for hydroxylation is 1. The second-order valence-electron chi connectivity index (χ2n) is 8.30. The van der Waals surface area contributed by atoms with Crippen LogP contribution in [0.15, 0.2) is 48.8 Å². The lowest BCUT2D eigenvalue weighted by Crippen LogP contribution is -2.38. The Kier molecular flexibility index (Phi) is 6.55. The van der Waals surface area contributed by atoms with Crippen molar-refractivity contribution in [1.82, 2.24) is 35.4 Å². The summed E-state index contributed by atoms with van der Waals surface area (Å²) < 4.78 is 5.38. The molecule has 5 rings (SSSR count). The van der Waals surface area contributed by atoms with Gasteiger partial charge >= 0.3 is 0 Å². The molecule has 1 saturated heterocycles. The first kappa shape index (κ1) is 22.1. The van der Waals surface area contributed by atoms with Gasteiger partial charge in [0.15, 0.2) is 0 Å². The van der Waals surface area contributed by atoms with Crippen LogP contribution in [-0.4, -0.2) is 75.3 Å². The van der Waals surface area contributed by atoms with Crippen molar-refractivity contribution in [3.8, 4) is 22.6 Å². The summed E-state index contributed by atoms with van der Waals surface area (Å²) >= 11 is 0.